The summed E-state index contributed by atoms with van der Waals surface area (Å²) in [5.41, 5.74) is 1.95. The predicted octanol–water partition coefficient (Wildman–Crippen LogP) is 3.08. The van der Waals surface area contributed by atoms with Crippen molar-refractivity contribution in [1.82, 2.24) is 9.97 Å². The molecule has 1 aliphatic heterocycles. The van der Waals surface area contributed by atoms with Crippen molar-refractivity contribution in [2.75, 3.05) is 4.90 Å². The standard InChI is InChI=1S/C16H8ClN3O2/c17-9-7-13-12(18-8-9)5-6-14(19-13)20-15(21)10-3-1-2-4-11(10)16(20)22/h1-8H. The molecule has 2 amide bonds. The van der Waals surface area contributed by atoms with Gasteiger partial charge in [-0.3, -0.25) is 14.6 Å². The van der Waals surface area contributed by atoms with Gasteiger partial charge in [-0.15, -0.1) is 0 Å². The zero-order chi connectivity index (χ0) is 15.3. The third-order valence-corrected chi connectivity index (χ3v) is 3.72. The lowest BCUT2D eigenvalue weighted by atomic mass is 10.1. The third kappa shape index (κ3) is 1.79. The molecule has 0 bridgehead atoms. The molecular weight excluding hydrogens is 302 g/mol. The number of hydrogen-bond donors (Lipinski definition) is 0. The van der Waals surface area contributed by atoms with Crippen molar-refractivity contribution in [1.29, 1.82) is 0 Å². The molecule has 0 atom stereocenters. The van der Waals surface area contributed by atoms with Crippen LogP contribution in [0.4, 0.5) is 5.82 Å². The van der Waals surface area contributed by atoms with Crippen LogP contribution in [0.2, 0.25) is 5.02 Å². The molecule has 6 heteroatoms. The zero-order valence-corrected chi connectivity index (χ0v) is 11.9. The van der Waals surface area contributed by atoms with Gasteiger partial charge in [-0.25, -0.2) is 9.88 Å². The van der Waals surface area contributed by atoms with Gasteiger partial charge in [0.1, 0.15) is 5.82 Å². The van der Waals surface area contributed by atoms with Crippen molar-refractivity contribution >= 4 is 40.3 Å². The van der Waals surface area contributed by atoms with Crippen molar-refractivity contribution in [2.24, 2.45) is 0 Å². The SMILES string of the molecule is O=C1c2ccccc2C(=O)N1c1ccc2ncc(Cl)cc2n1. The lowest BCUT2D eigenvalue weighted by molar-refractivity contribution is 0.0925. The molecule has 0 fully saturated rings. The number of rotatable bonds is 1. The molecule has 0 saturated heterocycles. The lowest BCUT2D eigenvalue weighted by Gasteiger charge is -2.13. The van der Waals surface area contributed by atoms with Gasteiger partial charge in [-0.1, -0.05) is 23.7 Å². The van der Waals surface area contributed by atoms with Crippen molar-refractivity contribution in [3.8, 4) is 0 Å². The van der Waals surface area contributed by atoms with E-state index in [-0.39, 0.29) is 17.6 Å². The molecule has 1 aliphatic rings. The highest BCUT2D eigenvalue weighted by molar-refractivity contribution is 6.34. The maximum atomic E-state index is 12.4. The summed E-state index contributed by atoms with van der Waals surface area (Å²) in [5.74, 6) is -0.479. The molecule has 2 aromatic heterocycles. The fraction of sp³-hybridized carbons (Fsp3) is 0. The minimum absolute atomic E-state index is 0.266. The Morgan fingerprint density at radius 3 is 2.27 bits per heavy atom. The number of benzene rings is 1. The van der Waals surface area contributed by atoms with E-state index in [9.17, 15) is 9.59 Å². The van der Waals surface area contributed by atoms with Crippen LogP contribution in [0.3, 0.4) is 0 Å². The Kier molecular flexibility index (Phi) is 2.71. The molecule has 106 valence electrons. The molecule has 0 N–H and O–H groups in total. The van der Waals surface area contributed by atoms with Crippen LogP contribution < -0.4 is 4.90 Å². The van der Waals surface area contributed by atoms with Crippen LogP contribution >= 0.6 is 11.6 Å². The van der Waals surface area contributed by atoms with Gasteiger partial charge < -0.3 is 0 Å². The highest BCUT2D eigenvalue weighted by Gasteiger charge is 2.37. The lowest BCUT2D eigenvalue weighted by Crippen LogP contribution is -2.30. The summed E-state index contributed by atoms with van der Waals surface area (Å²) in [5, 5.41) is 0.444. The minimum Gasteiger partial charge on any atom is -0.268 e. The molecular formula is C16H8ClN3O2. The molecule has 4 rings (SSSR count). The Morgan fingerprint density at radius 1 is 0.909 bits per heavy atom. The zero-order valence-electron chi connectivity index (χ0n) is 11.2. The molecule has 1 aromatic carbocycles. The first kappa shape index (κ1) is 12.9. The van der Waals surface area contributed by atoms with Crippen LogP contribution in [0.25, 0.3) is 11.0 Å². The summed E-state index contributed by atoms with van der Waals surface area (Å²) >= 11 is 5.91. The van der Waals surface area contributed by atoms with Crippen LogP contribution in [-0.4, -0.2) is 21.8 Å². The fourth-order valence-corrected chi connectivity index (χ4v) is 2.65. The van der Waals surface area contributed by atoms with E-state index < -0.39 is 0 Å². The largest absolute Gasteiger partial charge is 0.268 e. The van der Waals surface area contributed by atoms with E-state index in [0.717, 1.165) is 4.90 Å². The van der Waals surface area contributed by atoms with Crippen LogP contribution in [0.15, 0.2) is 48.7 Å². The summed E-state index contributed by atoms with van der Waals surface area (Å²) in [6.07, 6.45) is 1.52. The summed E-state index contributed by atoms with van der Waals surface area (Å²) in [4.78, 5) is 34.4. The highest BCUT2D eigenvalue weighted by Crippen LogP contribution is 2.28. The number of nitrogens with zero attached hydrogens (tertiary/aromatic N) is 3. The van der Waals surface area contributed by atoms with Gasteiger partial charge in [-0.05, 0) is 30.3 Å². The van der Waals surface area contributed by atoms with Crippen molar-refractivity contribution in [2.45, 2.75) is 0 Å². The Balaban J connectivity index is 1.86. The Hall–Kier alpha value is -2.79. The van der Waals surface area contributed by atoms with Crippen LogP contribution in [0.1, 0.15) is 20.7 Å². The van der Waals surface area contributed by atoms with Gasteiger partial charge in [0.2, 0.25) is 0 Å². The van der Waals surface area contributed by atoms with E-state index in [1.54, 1.807) is 42.5 Å². The first-order valence-corrected chi connectivity index (χ1v) is 6.93. The number of hydrogen-bond acceptors (Lipinski definition) is 4. The maximum Gasteiger partial charge on any atom is 0.267 e. The molecule has 0 unspecified atom stereocenters. The summed E-state index contributed by atoms with van der Waals surface area (Å²) in [6, 6.07) is 11.7. The number of amides is 2. The number of halogens is 1. The van der Waals surface area contributed by atoms with E-state index in [1.807, 2.05) is 0 Å². The molecule has 5 nitrogen and oxygen atoms in total. The first-order valence-electron chi connectivity index (χ1n) is 6.55. The van der Waals surface area contributed by atoms with Crippen molar-refractivity contribution in [3.63, 3.8) is 0 Å². The Morgan fingerprint density at radius 2 is 1.59 bits per heavy atom. The fourth-order valence-electron chi connectivity index (χ4n) is 2.49. The molecule has 0 radical (unpaired) electrons. The highest BCUT2D eigenvalue weighted by atomic mass is 35.5. The Bertz CT molecular complexity index is 920. The second-order valence-corrected chi connectivity index (χ2v) is 5.29. The van der Waals surface area contributed by atoms with Gasteiger partial charge in [0.15, 0.2) is 0 Å². The molecule has 22 heavy (non-hydrogen) atoms. The normalized spacial score (nSPS) is 13.8. The molecule has 0 spiro atoms. The molecule has 0 aliphatic carbocycles. The third-order valence-electron chi connectivity index (χ3n) is 3.51. The van der Waals surface area contributed by atoms with E-state index in [4.69, 9.17) is 11.6 Å². The number of anilines is 1. The van der Waals surface area contributed by atoms with Gasteiger partial charge in [-0.2, -0.15) is 0 Å². The average molecular weight is 310 g/mol. The minimum atomic E-state index is -0.373. The topological polar surface area (TPSA) is 63.2 Å². The van der Waals surface area contributed by atoms with Gasteiger partial charge in [0.05, 0.1) is 27.2 Å². The van der Waals surface area contributed by atoms with Gasteiger partial charge in [0.25, 0.3) is 11.8 Å². The number of carbonyl (C=O) groups is 2. The number of carbonyl (C=O) groups excluding carboxylic acids is 2. The number of pyridine rings is 2. The van der Waals surface area contributed by atoms with E-state index in [1.165, 1.54) is 6.20 Å². The molecule has 0 saturated carbocycles. The van der Waals surface area contributed by atoms with E-state index >= 15 is 0 Å². The summed E-state index contributed by atoms with van der Waals surface area (Å²) in [6.45, 7) is 0. The van der Waals surface area contributed by atoms with Gasteiger partial charge >= 0.3 is 0 Å². The predicted molar refractivity (Wildman–Crippen MR) is 82.1 cm³/mol. The van der Waals surface area contributed by atoms with E-state index in [2.05, 4.69) is 9.97 Å². The quantitative estimate of drug-likeness (QED) is 0.648. The average Bonchev–Trinajstić information content (AvgIpc) is 2.79. The van der Waals surface area contributed by atoms with Crippen molar-refractivity contribution in [3.05, 3.63) is 64.8 Å². The summed E-state index contributed by atoms with van der Waals surface area (Å²) in [7, 11) is 0. The van der Waals surface area contributed by atoms with Crippen LogP contribution in [-0.2, 0) is 0 Å². The number of fused-ring (bicyclic) bond motifs is 2. The van der Waals surface area contributed by atoms with Crippen LogP contribution in [0, 0.1) is 0 Å². The molecule has 3 heterocycles. The molecule has 3 aromatic rings. The van der Waals surface area contributed by atoms with E-state index in [0.29, 0.717) is 27.2 Å². The second-order valence-electron chi connectivity index (χ2n) is 4.85. The maximum absolute atomic E-state index is 12.4. The number of aromatic nitrogens is 2. The van der Waals surface area contributed by atoms with Gasteiger partial charge in [0, 0.05) is 6.20 Å². The Labute approximate surface area is 130 Å². The smallest absolute Gasteiger partial charge is 0.267 e. The first-order chi connectivity index (χ1) is 10.6. The second kappa shape index (κ2) is 4.61. The number of imide groups is 1. The monoisotopic (exact) mass is 309 g/mol. The summed E-state index contributed by atoms with van der Waals surface area (Å²) < 4.78 is 0. The van der Waals surface area contributed by atoms with Crippen LogP contribution in [0.5, 0.6) is 0 Å². The van der Waals surface area contributed by atoms with Crippen molar-refractivity contribution < 1.29 is 9.59 Å².